The van der Waals surface area contributed by atoms with E-state index >= 15 is 0 Å². The van der Waals surface area contributed by atoms with Gasteiger partial charge in [0.05, 0.1) is 11.9 Å². The molecule has 0 heterocycles. The first-order valence-corrected chi connectivity index (χ1v) is 9.94. The molecule has 0 atom stereocenters. The predicted molar refractivity (Wildman–Crippen MR) is 103 cm³/mol. The van der Waals surface area contributed by atoms with Gasteiger partial charge in [0.15, 0.2) is 0 Å². The normalized spacial score (nSPS) is 11.4. The van der Waals surface area contributed by atoms with Crippen molar-refractivity contribution in [2.75, 3.05) is 29.1 Å². The molecule has 134 valence electrons. The van der Waals surface area contributed by atoms with Crippen molar-refractivity contribution >= 4 is 27.3 Å². The molecule has 0 saturated carbocycles. The molecule has 25 heavy (non-hydrogen) atoms. The van der Waals surface area contributed by atoms with Gasteiger partial charge >= 0.3 is 0 Å². The van der Waals surface area contributed by atoms with Crippen LogP contribution >= 0.6 is 0 Å². The lowest BCUT2D eigenvalue weighted by Gasteiger charge is -2.25. The summed E-state index contributed by atoms with van der Waals surface area (Å²) in [6, 6.07) is 16.4. The first kappa shape index (κ1) is 19.0. The standard InChI is InChI=1S/C19H24N2O3S/c1-15(2)16-10-12-18(13-11-16)21(25(4,23)24)14-19(22)20(3)17-8-6-5-7-9-17/h5-13,15H,14H2,1-4H3. The second-order valence-corrected chi connectivity index (χ2v) is 8.21. The zero-order chi connectivity index (χ0) is 18.6. The third-order valence-corrected chi connectivity index (χ3v) is 5.19. The SMILES string of the molecule is CC(C)c1ccc(N(CC(=O)N(C)c2ccccc2)S(C)(=O)=O)cc1. The summed E-state index contributed by atoms with van der Waals surface area (Å²) in [4.78, 5) is 14.0. The van der Waals surface area contributed by atoms with Gasteiger partial charge in [0.2, 0.25) is 15.9 Å². The molecule has 0 aromatic heterocycles. The second-order valence-electron chi connectivity index (χ2n) is 6.30. The summed E-state index contributed by atoms with van der Waals surface area (Å²) < 4.78 is 25.5. The van der Waals surface area contributed by atoms with E-state index in [0.29, 0.717) is 11.6 Å². The van der Waals surface area contributed by atoms with Crippen LogP contribution in [0, 0.1) is 0 Å². The Bertz CT molecular complexity index is 816. The topological polar surface area (TPSA) is 57.7 Å². The quantitative estimate of drug-likeness (QED) is 0.795. The number of nitrogens with zero attached hydrogens (tertiary/aromatic N) is 2. The van der Waals surface area contributed by atoms with Crippen molar-refractivity contribution < 1.29 is 13.2 Å². The number of carbonyl (C=O) groups excluding carboxylic acids is 1. The minimum absolute atomic E-state index is 0.245. The number of sulfonamides is 1. The summed E-state index contributed by atoms with van der Waals surface area (Å²) in [5, 5.41) is 0. The zero-order valence-corrected chi connectivity index (χ0v) is 15.8. The fourth-order valence-corrected chi connectivity index (χ4v) is 3.30. The van der Waals surface area contributed by atoms with Crippen LogP contribution in [0.15, 0.2) is 54.6 Å². The van der Waals surface area contributed by atoms with Gasteiger partial charge in [0, 0.05) is 12.7 Å². The van der Waals surface area contributed by atoms with E-state index in [2.05, 4.69) is 13.8 Å². The van der Waals surface area contributed by atoms with Gasteiger partial charge in [-0.25, -0.2) is 8.42 Å². The Labute approximate surface area is 149 Å². The summed E-state index contributed by atoms with van der Waals surface area (Å²) in [6.07, 6.45) is 1.11. The van der Waals surface area contributed by atoms with Gasteiger partial charge < -0.3 is 4.90 Å². The van der Waals surface area contributed by atoms with Gasteiger partial charge in [-0.15, -0.1) is 0 Å². The van der Waals surface area contributed by atoms with E-state index in [1.165, 1.54) is 4.90 Å². The Balaban J connectivity index is 2.25. The van der Waals surface area contributed by atoms with Gasteiger partial charge in [-0.1, -0.05) is 44.2 Å². The van der Waals surface area contributed by atoms with Crippen LogP contribution in [0.5, 0.6) is 0 Å². The molecule has 2 aromatic carbocycles. The van der Waals surface area contributed by atoms with Crippen LogP contribution in [-0.4, -0.2) is 34.2 Å². The fourth-order valence-electron chi connectivity index (χ4n) is 2.45. The van der Waals surface area contributed by atoms with Crippen molar-refractivity contribution in [1.82, 2.24) is 0 Å². The molecule has 0 N–H and O–H groups in total. The Kier molecular flexibility index (Phi) is 5.85. The number of carbonyl (C=O) groups is 1. The lowest BCUT2D eigenvalue weighted by molar-refractivity contribution is -0.116. The smallest absolute Gasteiger partial charge is 0.247 e. The highest BCUT2D eigenvalue weighted by molar-refractivity contribution is 7.92. The Morgan fingerprint density at radius 3 is 2.00 bits per heavy atom. The lowest BCUT2D eigenvalue weighted by Crippen LogP contribution is -2.41. The lowest BCUT2D eigenvalue weighted by atomic mass is 10.0. The molecule has 2 rings (SSSR count). The molecule has 0 aliphatic carbocycles. The largest absolute Gasteiger partial charge is 0.314 e. The molecule has 0 radical (unpaired) electrons. The van der Waals surface area contributed by atoms with Crippen molar-refractivity contribution in [1.29, 1.82) is 0 Å². The summed E-state index contributed by atoms with van der Waals surface area (Å²) in [5.74, 6) is 0.0520. The monoisotopic (exact) mass is 360 g/mol. The second kappa shape index (κ2) is 7.70. The fraction of sp³-hybridized carbons (Fsp3) is 0.316. The molecule has 1 amide bonds. The molecule has 0 saturated heterocycles. The Morgan fingerprint density at radius 2 is 1.52 bits per heavy atom. The highest BCUT2D eigenvalue weighted by Gasteiger charge is 2.23. The summed E-state index contributed by atoms with van der Waals surface area (Å²) >= 11 is 0. The van der Waals surface area contributed by atoms with E-state index in [-0.39, 0.29) is 12.5 Å². The van der Waals surface area contributed by atoms with Gasteiger partial charge in [0.1, 0.15) is 6.54 Å². The third-order valence-electron chi connectivity index (χ3n) is 4.04. The van der Waals surface area contributed by atoms with Crippen LogP contribution in [0.4, 0.5) is 11.4 Å². The van der Waals surface area contributed by atoms with E-state index in [4.69, 9.17) is 0 Å². The van der Waals surface area contributed by atoms with E-state index in [9.17, 15) is 13.2 Å². The number of likely N-dealkylation sites (N-methyl/N-ethyl adjacent to an activating group) is 1. The van der Waals surface area contributed by atoms with Crippen LogP contribution in [-0.2, 0) is 14.8 Å². The average molecular weight is 360 g/mol. The molecular weight excluding hydrogens is 336 g/mol. The molecule has 0 spiro atoms. The van der Waals surface area contributed by atoms with Crippen molar-refractivity contribution in [3.05, 3.63) is 60.2 Å². The van der Waals surface area contributed by atoms with E-state index in [1.807, 2.05) is 30.3 Å². The van der Waals surface area contributed by atoms with Crippen molar-refractivity contribution in [3.63, 3.8) is 0 Å². The Hall–Kier alpha value is -2.34. The molecule has 5 nitrogen and oxygen atoms in total. The first-order chi connectivity index (χ1) is 11.7. The van der Waals surface area contributed by atoms with Crippen LogP contribution < -0.4 is 9.21 Å². The number of hydrogen-bond acceptors (Lipinski definition) is 3. The maximum atomic E-state index is 12.6. The van der Waals surface area contributed by atoms with Crippen molar-refractivity contribution in [2.45, 2.75) is 19.8 Å². The number of hydrogen-bond donors (Lipinski definition) is 0. The first-order valence-electron chi connectivity index (χ1n) is 8.09. The molecule has 2 aromatic rings. The maximum Gasteiger partial charge on any atom is 0.247 e. The number of para-hydroxylation sites is 1. The molecule has 0 aliphatic rings. The molecule has 6 heteroatoms. The molecule has 0 fully saturated rings. The number of benzene rings is 2. The predicted octanol–water partition coefficient (Wildman–Crippen LogP) is 3.24. The van der Waals surface area contributed by atoms with Crippen LogP contribution in [0.25, 0.3) is 0 Å². The van der Waals surface area contributed by atoms with E-state index in [0.717, 1.165) is 21.8 Å². The molecule has 0 aliphatic heterocycles. The van der Waals surface area contributed by atoms with Crippen molar-refractivity contribution in [2.24, 2.45) is 0 Å². The maximum absolute atomic E-state index is 12.6. The van der Waals surface area contributed by atoms with Gasteiger partial charge in [-0.05, 0) is 35.7 Å². The molecular formula is C19H24N2O3S. The third kappa shape index (κ3) is 4.82. The summed E-state index contributed by atoms with van der Waals surface area (Å²) in [5.41, 5.74) is 2.32. The number of anilines is 2. The minimum atomic E-state index is -3.58. The van der Waals surface area contributed by atoms with Crippen LogP contribution in [0.2, 0.25) is 0 Å². The van der Waals surface area contributed by atoms with Crippen molar-refractivity contribution in [3.8, 4) is 0 Å². The van der Waals surface area contributed by atoms with Crippen LogP contribution in [0.3, 0.4) is 0 Å². The average Bonchev–Trinajstić information content (AvgIpc) is 2.58. The number of amides is 1. The minimum Gasteiger partial charge on any atom is -0.314 e. The summed E-state index contributed by atoms with van der Waals surface area (Å²) in [7, 11) is -1.94. The van der Waals surface area contributed by atoms with E-state index in [1.54, 1.807) is 31.3 Å². The molecule has 0 unspecified atom stereocenters. The highest BCUT2D eigenvalue weighted by atomic mass is 32.2. The van der Waals surface area contributed by atoms with Gasteiger partial charge in [0.25, 0.3) is 0 Å². The summed E-state index contributed by atoms with van der Waals surface area (Å²) in [6.45, 7) is 3.90. The van der Waals surface area contributed by atoms with Gasteiger partial charge in [-0.2, -0.15) is 0 Å². The van der Waals surface area contributed by atoms with E-state index < -0.39 is 10.0 Å². The van der Waals surface area contributed by atoms with Gasteiger partial charge in [-0.3, -0.25) is 9.10 Å². The highest BCUT2D eigenvalue weighted by Crippen LogP contribution is 2.22. The van der Waals surface area contributed by atoms with Crippen LogP contribution in [0.1, 0.15) is 25.3 Å². The zero-order valence-electron chi connectivity index (χ0n) is 15.0. The number of rotatable bonds is 6. The molecule has 0 bridgehead atoms. The Morgan fingerprint density at radius 1 is 0.960 bits per heavy atom.